The van der Waals surface area contributed by atoms with Crippen molar-refractivity contribution in [1.29, 1.82) is 0 Å². The molecule has 0 saturated heterocycles. The number of hydrogen-bond donors (Lipinski definition) is 1. The van der Waals surface area contributed by atoms with Crippen LogP contribution in [0.2, 0.25) is 0 Å². The second-order valence-electron chi connectivity index (χ2n) is 3.23. The lowest BCUT2D eigenvalue weighted by atomic mass is 10.4. The van der Waals surface area contributed by atoms with Crippen LogP contribution in [0, 0.1) is 0 Å². The fourth-order valence-electron chi connectivity index (χ4n) is 1.43. The van der Waals surface area contributed by atoms with Crippen LogP contribution in [0.1, 0.15) is 6.92 Å². The highest BCUT2D eigenvalue weighted by Crippen LogP contribution is 2.26. The molecule has 0 saturated carbocycles. The van der Waals surface area contributed by atoms with Crippen LogP contribution in [0.3, 0.4) is 0 Å². The molecule has 16 heavy (non-hydrogen) atoms. The van der Waals surface area contributed by atoms with E-state index in [9.17, 15) is 0 Å². The summed E-state index contributed by atoms with van der Waals surface area (Å²) >= 11 is 3.42. The summed E-state index contributed by atoms with van der Waals surface area (Å²) in [5.41, 5.74) is 3.84. The first-order valence-electron chi connectivity index (χ1n) is 5.26. The summed E-state index contributed by atoms with van der Waals surface area (Å²) in [5.74, 6) is 1.96. The van der Waals surface area contributed by atoms with E-state index in [1.807, 2.05) is 6.07 Å². The molecule has 0 atom stereocenters. The molecule has 2 heterocycles. The summed E-state index contributed by atoms with van der Waals surface area (Å²) in [6.45, 7) is 3.93. The topological polar surface area (TPSA) is 58.4 Å². The van der Waals surface area contributed by atoms with Gasteiger partial charge in [0.15, 0.2) is 11.0 Å². The Balaban J connectivity index is 2.29. The van der Waals surface area contributed by atoms with E-state index in [2.05, 4.69) is 38.9 Å². The van der Waals surface area contributed by atoms with Gasteiger partial charge >= 0.3 is 0 Å². The quantitative estimate of drug-likeness (QED) is 0.821. The van der Waals surface area contributed by atoms with Crippen LogP contribution in [0.4, 0.5) is 0 Å². The van der Waals surface area contributed by atoms with Gasteiger partial charge in [-0.15, -0.1) is 21.5 Å². The lowest BCUT2D eigenvalue weighted by Gasteiger charge is -2.04. The van der Waals surface area contributed by atoms with Gasteiger partial charge in [0.2, 0.25) is 0 Å². The lowest BCUT2D eigenvalue weighted by molar-refractivity contribution is -0.360. The van der Waals surface area contributed by atoms with Crippen molar-refractivity contribution in [2.75, 3.05) is 12.3 Å². The Bertz CT molecular complexity index is 436. The molecule has 0 radical (unpaired) electrons. The van der Waals surface area contributed by atoms with E-state index < -0.39 is 0 Å². The van der Waals surface area contributed by atoms with Gasteiger partial charge in [0.25, 0.3) is 0 Å². The van der Waals surface area contributed by atoms with Crippen LogP contribution in [-0.4, -0.2) is 27.1 Å². The number of rotatable bonds is 5. The van der Waals surface area contributed by atoms with Gasteiger partial charge in [-0.2, -0.15) is 0 Å². The lowest BCUT2D eigenvalue weighted by Crippen LogP contribution is -2.51. The third-order valence-corrected chi connectivity index (χ3v) is 4.07. The Kier molecular flexibility index (Phi) is 3.98. The highest BCUT2D eigenvalue weighted by molar-refractivity contribution is 7.99. The molecule has 86 valence electrons. The van der Waals surface area contributed by atoms with Gasteiger partial charge in [0.05, 0.1) is 17.2 Å². The van der Waals surface area contributed by atoms with Gasteiger partial charge in [0.1, 0.15) is 0 Å². The zero-order chi connectivity index (χ0) is 11.4. The minimum absolute atomic E-state index is 0.902. The van der Waals surface area contributed by atoms with Crippen LogP contribution >= 0.6 is 23.1 Å². The number of thioether (sulfide) groups is 1. The Morgan fingerprint density at radius 1 is 1.50 bits per heavy atom. The van der Waals surface area contributed by atoms with E-state index in [0.717, 1.165) is 29.8 Å². The van der Waals surface area contributed by atoms with Crippen molar-refractivity contribution in [3.05, 3.63) is 17.5 Å². The smallest absolute Gasteiger partial charge is 0.191 e. The normalized spacial score (nSPS) is 10.9. The Labute approximate surface area is 103 Å². The average molecular weight is 255 g/mol. The van der Waals surface area contributed by atoms with Crippen LogP contribution in [0.5, 0.6) is 0 Å². The van der Waals surface area contributed by atoms with Crippen LogP contribution in [-0.2, 0) is 6.54 Å². The third-order valence-electron chi connectivity index (χ3n) is 2.15. The Morgan fingerprint density at radius 2 is 2.38 bits per heavy atom. The van der Waals surface area contributed by atoms with Crippen molar-refractivity contribution in [3.63, 3.8) is 0 Å². The molecule has 2 rings (SSSR count). The molecule has 6 heteroatoms. The van der Waals surface area contributed by atoms with Crippen molar-refractivity contribution in [3.8, 4) is 10.7 Å². The van der Waals surface area contributed by atoms with Gasteiger partial charge < -0.3 is 10.3 Å². The number of thiophene rings is 1. The molecule has 0 bridgehead atoms. The fraction of sp³-hybridized carbons (Fsp3) is 0.400. The number of nitrogens with zero attached hydrogens (tertiary/aromatic N) is 3. The van der Waals surface area contributed by atoms with Crippen LogP contribution in [0.15, 0.2) is 22.7 Å². The zero-order valence-corrected chi connectivity index (χ0v) is 10.9. The molecule has 0 spiro atoms. The van der Waals surface area contributed by atoms with Crippen LogP contribution in [0.25, 0.3) is 10.7 Å². The third kappa shape index (κ3) is 2.28. The predicted octanol–water partition coefficient (Wildman–Crippen LogP) is 1.36. The van der Waals surface area contributed by atoms with E-state index in [0.29, 0.717) is 0 Å². The summed E-state index contributed by atoms with van der Waals surface area (Å²) in [5, 5.41) is 11.6. The van der Waals surface area contributed by atoms with E-state index in [1.165, 1.54) is 4.88 Å². The van der Waals surface area contributed by atoms with E-state index in [1.54, 1.807) is 23.1 Å². The van der Waals surface area contributed by atoms with Crippen molar-refractivity contribution >= 4 is 23.1 Å². The minimum atomic E-state index is 0.902. The maximum absolute atomic E-state index is 4.26. The Hall–Kier alpha value is -0.850. The van der Waals surface area contributed by atoms with E-state index >= 15 is 0 Å². The van der Waals surface area contributed by atoms with Crippen molar-refractivity contribution in [2.45, 2.75) is 18.6 Å². The first kappa shape index (κ1) is 11.6. The second kappa shape index (κ2) is 5.47. The average Bonchev–Trinajstić information content (AvgIpc) is 2.94. The predicted molar refractivity (Wildman–Crippen MR) is 67.5 cm³/mol. The van der Waals surface area contributed by atoms with E-state index in [-0.39, 0.29) is 0 Å². The van der Waals surface area contributed by atoms with Gasteiger partial charge in [-0.1, -0.05) is 17.8 Å². The van der Waals surface area contributed by atoms with Crippen LogP contribution < -0.4 is 5.73 Å². The second-order valence-corrected chi connectivity index (χ2v) is 5.24. The molecule has 0 aliphatic rings. The zero-order valence-electron chi connectivity index (χ0n) is 9.22. The summed E-state index contributed by atoms with van der Waals surface area (Å²) in [4.78, 5) is 1.18. The molecule has 3 N–H and O–H groups in total. The molecule has 4 nitrogen and oxygen atoms in total. The largest absolute Gasteiger partial charge is 0.357 e. The molecule has 2 aromatic rings. The fourth-order valence-corrected chi connectivity index (χ4v) is 2.95. The van der Waals surface area contributed by atoms with Gasteiger partial charge in [0, 0.05) is 6.54 Å². The van der Waals surface area contributed by atoms with Gasteiger partial charge in [-0.05, 0) is 18.4 Å². The maximum atomic E-state index is 4.26. The number of quaternary nitrogens is 1. The molecule has 0 aromatic carbocycles. The van der Waals surface area contributed by atoms with Crippen molar-refractivity contribution < 1.29 is 5.73 Å². The number of aromatic nitrogens is 3. The highest BCUT2D eigenvalue weighted by Gasteiger charge is 2.13. The van der Waals surface area contributed by atoms with Gasteiger partial charge in [-0.25, -0.2) is 0 Å². The maximum Gasteiger partial charge on any atom is 0.191 e. The molecular weight excluding hydrogens is 240 g/mol. The molecule has 2 aromatic heterocycles. The van der Waals surface area contributed by atoms with Crippen molar-refractivity contribution in [2.24, 2.45) is 0 Å². The van der Waals surface area contributed by atoms with E-state index in [4.69, 9.17) is 0 Å². The van der Waals surface area contributed by atoms with Crippen molar-refractivity contribution in [1.82, 2.24) is 14.8 Å². The highest BCUT2D eigenvalue weighted by atomic mass is 32.2. The summed E-state index contributed by atoms with van der Waals surface area (Å²) in [7, 11) is 0. The molecular formula is C10H15N4S2+. The standard InChI is InChI=1S/C10H14N4S2/c1-2-14-9(8-4-3-6-15-8)12-13-10(14)16-7-5-11/h3-4,6H,2,5,7,11H2,1H3/p+1. The first-order valence-corrected chi connectivity index (χ1v) is 7.12. The molecule has 0 unspecified atom stereocenters. The molecule has 0 fully saturated rings. The molecule has 0 amide bonds. The monoisotopic (exact) mass is 255 g/mol. The summed E-state index contributed by atoms with van der Waals surface area (Å²) in [6, 6.07) is 4.12. The summed E-state index contributed by atoms with van der Waals surface area (Å²) < 4.78 is 2.16. The molecule has 0 aliphatic heterocycles. The molecule has 0 aliphatic carbocycles. The SMILES string of the molecule is CCn1c(SCC[NH3+])nnc1-c1cccs1. The minimum Gasteiger partial charge on any atom is -0.357 e. The number of hydrogen-bond acceptors (Lipinski definition) is 4. The first-order chi connectivity index (χ1) is 7.86. The van der Waals surface area contributed by atoms with Gasteiger partial charge in [-0.3, -0.25) is 0 Å². The Morgan fingerprint density at radius 3 is 3.00 bits per heavy atom. The summed E-state index contributed by atoms with van der Waals surface area (Å²) in [6.07, 6.45) is 0.